The second kappa shape index (κ2) is 4.97. The number of benzene rings is 1. The van der Waals surface area contributed by atoms with Gasteiger partial charge in [-0.3, -0.25) is 9.78 Å². The van der Waals surface area contributed by atoms with E-state index >= 15 is 0 Å². The summed E-state index contributed by atoms with van der Waals surface area (Å²) in [5.41, 5.74) is 8.46. The molecule has 0 bridgehead atoms. The molecule has 0 unspecified atom stereocenters. The van der Waals surface area contributed by atoms with Crippen LogP contribution in [0.25, 0.3) is 10.9 Å². The molecule has 0 spiro atoms. The summed E-state index contributed by atoms with van der Waals surface area (Å²) in [6.07, 6.45) is 4.93. The van der Waals surface area contributed by atoms with Gasteiger partial charge in [0.2, 0.25) is 0 Å². The van der Waals surface area contributed by atoms with E-state index in [0.717, 1.165) is 15.4 Å². The molecule has 0 aliphatic carbocycles. The van der Waals surface area contributed by atoms with Gasteiger partial charge in [0, 0.05) is 35.2 Å². The maximum absolute atomic E-state index is 12.3. The molecule has 0 aliphatic heterocycles. The number of hydrogen-bond acceptors (Lipinski definition) is 3. The maximum atomic E-state index is 12.3. The molecule has 0 saturated heterocycles. The molecule has 6 heteroatoms. The number of carbonyl (C=O) groups is 1. The highest BCUT2D eigenvalue weighted by atomic mass is 79.9. The van der Waals surface area contributed by atoms with Crippen molar-refractivity contribution in [3.8, 4) is 0 Å². The molecule has 4 N–H and O–H groups in total. The summed E-state index contributed by atoms with van der Waals surface area (Å²) < 4.78 is 0.734. The van der Waals surface area contributed by atoms with Gasteiger partial charge in [-0.05, 0) is 40.2 Å². The number of halogens is 1. The van der Waals surface area contributed by atoms with E-state index in [9.17, 15) is 4.79 Å². The Labute approximate surface area is 123 Å². The van der Waals surface area contributed by atoms with Crippen molar-refractivity contribution in [1.29, 1.82) is 0 Å². The number of aromatic amines is 1. The molecule has 0 fully saturated rings. The molecule has 3 rings (SSSR count). The van der Waals surface area contributed by atoms with E-state index in [1.54, 1.807) is 36.8 Å². The molecular weight excluding hydrogens is 320 g/mol. The second-order valence-corrected chi connectivity index (χ2v) is 5.17. The summed E-state index contributed by atoms with van der Waals surface area (Å²) >= 11 is 3.35. The highest BCUT2D eigenvalue weighted by molar-refractivity contribution is 9.10. The van der Waals surface area contributed by atoms with Crippen LogP contribution in [0.2, 0.25) is 0 Å². The number of rotatable bonds is 2. The predicted octanol–water partition coefficient (Wildman–Crippen LogP) is 3.16. The van der Waals surface area contributed by atoms with E-state index in [2.05, 4.69) is 31.2 Å². The Morgan fingerprint density at radius 3 is 3.00 bits per heavy atom. The van der Waals surface area contributed by atoms with Crippen LogP contribution in [-0.4, -0.2) is 15.9 Å². The van der Waals surface area contributed by atoms with Crippen molar-refractivity contribution in [1.82, 2.24) is 9.97 Å². The predicted molar refractivity (Wildman–Crippen MR) is 82.6 cm³/mol. The summed E-state index contributed by atoms with van der Waals surface area (Å²) in [6, 6.07) is 7.14. The summed E-state index contributed by atoms with van der Waals surface area (Å²) in [5, 5.41) is 3.68. The summed E-state index contributed by atoms with van der Waals surface area (Å²) in [4.78, 5) is 19.3. The normalized spacial score (nSPS) is 10.7. The van der Waals surface area contributed by atoms with Crippen LogP contribution in [-0.2, 0) is 0 Å². The lowest BCUT2D eigenvalue weighted by Gasteiger charge is -2.06. The van der Waals surface area contributed by atoms with Crippen LogP contribution in [0.5, 0.6) is 0 Å². The summed E-state index contributed by atoms with van der Waals surface area (Å²) in [6.45, 7) is 0. The smallest absolute Gasteiger partial charge is 0.257 e. The number of nitrogens with zero attached hydrogens (tertiary/aromatic N) is 1. The zero-order valence-corrected chi connectivity index (χ0v) is 11.9. The SMILES string of the molecule is Nc1ccc2c(C(=O)Nc3ccncc3Br)c[nH]c2c1. The minimum Gasteiger partial charge on any atom is -0.399 e. The molecule has 0 radical (unpaired) electrons. The molecule has 20 heavy (non-hydrogen) atoms. The van der Waals surface area contributed by atoms with Crippen LogP contribution < -0.4 is 11.1 Å². The van der Waals surface area contributed by atoms with Crippen molar-refractivity contribution in [2.24, 2.45) is 0 Å². The van der Waals surface area contributed by atoms with E-state index < -0.39 is 0 Å². The van der Waals surface area contributed by atoms with Crippen LogP contribution >= 0.6 is 15.9 Å². The fourth-order valence-corrected chi connectivity index (χ4v) is 2.35. The second-order valence-electron chi connectivity index (χ2n) is 4.32. The Morgan fingerprint density at radius 2 is 2.20 bits per heavy atom. The van der Waals surface area contributed by atoms with Gasteiger partial charge in [0.25, 0.3) is 5.91 Å². The number of anilines is 2. The lowest BCUT2D eigenvalue weighted by atomic mass is 10.1. The van der Waals surface area contributed by atoms with Gasteiger partial charge in [0.05, 0.1) is 15.7 Å². The Hall–Kier alpha value is -2.34. The minimum atomic E-state index is -0.187. The Balaban J connectivity index is 1.95. The van der Waals surface area contributed by atoms with E-state index in [4.69, 9.17) is 5.73 Å². The van der Waals surface area contributed by atoms with Crippen molar-refractivity contribution in [3.05, 3.63) is 52.9 Å². The van der Waals surface area contributed by atoms with Gasteiger partial charge in [-0.1, -0.05) is 0 Å². The van der Waals surface area contributed by atoms with Crippen LogP contribution in [0.3, 0.4) is 0 Å². The molecular formula is C14H11BrN4O. The first-order chi connectivity index (χ1) is 9.65. The van der Waals surface area contributed by atoms with Crippen LogP contribution in [0.1, 0.15) is 10.4 Å². The minimum absolute atomic E-state index is 0.187. The average Bonchev–Trinajstić information content (AvgIpc) is 2.84. The number of nitrogens with one attached hydrogen (secondary N) is 2. The first-order valence-corrected chi connectivity index (χ1v) is 6.72. The maximum Gasteiger partial charge on any atom is 0.257 e. The molecule has 100 valence electrons. The number of hydrogen-bond donors (Lipinski definition) is 3. The molecule has 1 amide bonds. The van der Waals surface area contributed by atoms with Crippen molar-refractivity contribution in [2.75, 3.05) is 11.1 Å². The molecule has 5 nitrogen and oxygen atoms in total. The molecule has 2 aromatic heterocycles. The van der Waals surface area contributed by atoms with Gasteiger partial charge >= 0.3 is 0 Å². The van der Waals surface area contributed by atoms with Crippen molar-refractivity contribution < 1.29 is 4.79 Å². The molecule has 3 aromatic rings. The Morgan fingerprint density at radius 1 is 1.35 bits per heavy atom. The standard InChI is InChI=1S/C14H11BrN4O/c15-11-7-17-4-3-12(11)19-14(20)10-6-18-13-5-8(16)1-2-9(10)13/h1-7,18H,16H2,(H,17,19,20). The number of aromatic nitrogens is 2. The third kappa shape index (κ3) is 2.25. The highest BCUT2D eigenvalue weighted by Crippen LogP contribution is 2.24. The van der Waals surface area contributed by atoms with Gasteiger partial charge in [-0.15, -0.1) is 0 Å². The average molecular weight is 331 g/mol. The van der Waals surface area contributed by atoms with Crippen molar-refractivity contribution in [3.63, 3.8) is 0 Å². The largest absolute Gasteiger partial charge is 0.399 e. The molecule has 0 aliphatic rings. The van der Waals surface area contributed by atoms with E-state index in [1.807, 2.05) is 6.07 Å². The third-order valence-corrected chi connectivity index (χ3v) is 3.60. The quantitative estimate of drug-likeness (QED) is 0.631. The lowest BCUT2D eigenvalue weighted by Crippen LogP contribution is -2.11. The zero-order valence-electron chi connectivity index (χ0n) is 10.4. The van der Waals surface area contributed by atoms with Gasteiger partial charge in [0.15, 0.2) is 0 Å². The summed E-state index contributed by atoms with van der Waals surface area (Å²) in [5.74, 6) is -0.187. The fraction of sp³-hybridized carbons (Fsp3) is 0. The number of nitrogens with two attached hydrogens (primary N) is 1. The van der Waals surface area contributed by atoms with Crippen LogP contribution in [0.4, 0.5) is 11.4 Å². The van der Waals surface area contributed by atoms with Crippen molar-refractivity contribution in [2.45, 2.75) is 0 Å². The number of amides is 1. The third-order valence-electron chi connectivity index (χ3n) is 2.97. The van der Waals surface area contributed by atoms with Crippen LogP contribution in [0.15, 0.2) is 47.3 Å². The number of carbonyl (C=O) groups excluding carboxylic acids is 1. The fourth-order valence-electron chi connectivity index (χ4n) is 2.00. The van der Waals surface area contributed by atoms with E-state index in [0.29, 0.717) is 16.9 Å². The Kier molecular flexibility index (Phi) is 3.15. The first kappa shape index (κ1) is 12.7. The first-order valence-electron chi connectivity index (χ1n) is 5.92. The number of nitrogen functional groups attached to an aromatic ring is 1. The van der Waals surface area contributed by atoms with Gasteiger partial charge in [-0.2, -0.15) is 0 Å². The molecule has 0 saturated carbocycles. The van der Waals surface area contributed by atoms with E-state index in [1.165, 1.54) is 0 Å². The molecule has 1 aromatic carbocycles. The summed E-state index contributed by atoms with van der Waals surface area (Å²) in [7, 11) is 0. The van der Waals surface area contributed by atoms with Crippen LogP contribution in [0, 0.1) is 0 Å². The number of fused-ring (bicyclic) bond motifs is 1. The van der Waals surface area contributed by atoms with Gasteiger partial charge in [-0.25, -0.2) is 0 Å². The lowest BCUT2D eigenvalue weighted by molar-refractivity contribution is 0.102. The topological polar surface area (TPSA) is 83.8 Å². The zero-order chi connectivity index (χ0) is 14.1. The molecule has 0 atom stereocenters. The monoisotopic (exact) mass is 330 g/mol. The number of pyridine rings is 1. The van der Waals surface area contributed by atoms with Crippen molar-refractivity contribution >= 4 is 44.1 Å². The van der Waals surface area contributed by atoms with E-state index in [-0.39, 0.29) is 5.91 Å². The Bertz CT molecular complexity index is 797. The van der Waals surface area contributed by atoms with Gasteiger partial charge in [0.1, 0.15) is 0 Å². The highest BCUT2D eigenvalue weighted by Gasteiger charge is 2.13. The molecule has 2 heterocycles. The number of H-pyrrole nitrogens is 1. The van der Waals surface area contributed by atoms with Gasteiger partial charge < -0.3 is 16.0 Å².